The summed E-state index contributed by atoms with van der Waals surface area (Å²) < 4.78 is 6.38. The predicted molar refractivity (Wildman–Crippen MR) is 140 cm³/mol. The number of allylic oxidation sites excluding steroid dienone is 1. The van der Waals surface area contributed by atoms with Crippen molar-refractivity contribution < 1.29 is 0 Å². The zero-order chi connectivity index (χ0) is 25.3. The molecule has 184 valence electrons. The molecule has 0 radical (unpaired) electrons. The molecule has 0 atom stereocenters. The highest BCUT2D eigenvalue weighted by Gasteiger charge is 2.18. The molecule has 0 fully saturated rings. The van der Waals surface area contributed by atoms with Gasteiger partial charge in [-0.25, -0.2) is 9.78 Å². The smallest absolute Gasteiger partial charge is 0.328 e. The zero-order valence-electron chi connectivity index (χ0n) is 20.9. The lowest BCUT2D eigenvalue weighted by atomic mass is 9.87. The lowest BCUT2D eigenvalue weighted by molar-refractivity contribution is 0.590. The van der Waals surface area contributed by atoms with Crippen LogP contribution in [0, 0.1) is 0 Å². The molecule has 3 aromatic heterocycles. The minimum atomic E-state index is -0.359. The van der Waals surface area contributed by atoms with Gasteiger partial charge >= 0.3 is 5.69 Å². The Balaban J connectivity index is 1.50. The molecule has 35 heavy (non-hydrogen) atoms. The van der Waals surface area contributed by atoms with E-state index in [9.17, 15) is 9.59 Å². The Labute approximate surface area is 208 Å². The second-order valence-electron chi connectivity index (χ2n) is 9.56. The lowest BCUT2D eigenvalue weighted by Crippen LogP contribution is -2.39. The van der Waals surface area contributed by atoms with Gasteiger partial charge in [0.25, 0.3) is 5.56 Å². The van der Waals surface area contributed by atoms with E-state index in [1.54, 1.807) is 36.8 Å². The van der Waals surface area contributed by atoms with Crippen molar-refractivity contribution in [3.8, 4) is 11.4 Å². The summed E-state index contributed by atoms with van der Waals surface area (Å²) in [5.41, 5.74) is 2.49. The molecule has 1 aromatic carbocycles. The van der Waals surface area contributed by atoms with Gasteiger partial charge in [-0.3, -0.25) is 18.5 Å². The zero-order valence-corrected chi connectivity index (χ0v) is 21.7. The number of benzene rings is 1. The fourth-order valence-electron chi connectivity index (χ4n) is 4.00. The molecule has 0 saturated heterocycles. The van der Waals surface area contributed by atoms with E-state index < -0.39 is 0 Å². The number of thioether (sulfide) groups is 1. The Morgan fingerprint density at radius 3 is 2.43 bits per heavy atom. The molecule has 0 N–H and O–H groups in total. The maximum absolute atomic E-state index is 12.9. The van der Waals surface area contributed by atoms with Gasteiger partial charge in [-0.2, -0.15) is 0 Å². The topological polar surface area (TPSA) is 92.5 Å². The second kappa shape index (κ2) is 9.69. The first kappa shape index (κ1) is 24.7. The summed E-state index contributed by atoms with van der Waals surface area (Å²) >= 11 is 1.55. The maximum Gasteiger partial charge on any atom is 0.332 e. The largest absolute Gasteiger partial charge is 0.332 e. The van der Waals surface area contributed by atoms with Crippen molar-refractivity contribution in [1.29, 1.82) is 0 Å². The number of nitrogens with zero attached hydrogens (tertiary/aromatic N) is 7. The van der Waals surface area contributed by atoms with Gasteiger partial charge in [0.05, 0.1) is 6.33 Å². The van der Waals surface area contributed by atoms with Gasteiger partial charge in [-0.05, 0) is 17.4 Å². The number of rotatable bonds is 8. The van der Waals surface area contributed by atoms with Crippen LogP contribution in [0.4, 0.5) is 0 Å². The summed E-state index contributed by atoms with van der Waals surface area (Å²) in [6, 6.07) is 8.42. The highest BCUT2D eigenvalue weighted by atomic mass is 32.2. The standard InChI is InChI=1S/C25H31N7O2S/c1-7-13-31-20(17-9-11-18(12-10-17)25(2,3)4)27-28-23(31)35-15-8-14-32-22(33)19-21(26-16-29(19)5)30(6)24(32)34/h7,9-12,16H,1,8,13-15H2,2-6H3. The fraction of sp³-hybridized carbons (Fsp3) is 0.400. The molecule has 9 nitrogen and oxygen atoms in total. The Morgan fingerprint density at radius 1 is 1.06 bits per heavy atom. The average Bonchev–Trinajstić information content (AvgIpc) is 3.40. The third-order valence-corrected chi connectivity index (χ3v) is 7.05. The van der Waals surface area contributed by atoms with E-state index in [-0.39, 0.29) is 16.7 Å². The van der Waals surface area contributed by atoms with Gasteiger partial charge in [0.1, 0.15) is 0 Å². The number of aromatic nitrogens is 7. The van der Waals surface area contributed by atoms with Crippen molar-refractivity contribution in [1.82, 2.24) is 33.4 Å². The summed E-state index contributed by atoms with van der Waals surface area (Å²) in [5, 5.41) is 9.62. The number of fused-ring (bicyclic) bond motifs is 1. The molecule has 4 rings (SSSR count). The van der Waals surface area contributed by atoms with Crippen molar-refractivity contribution in [3.05, 3.63) is 69.6 Å². The van der Waals surface area contributed by atoms with E-state index in [1.165, 1.54) is 14.7 Å². The van der Waals surface area contributed by atoms with Crippen LogP contribution in [0.15, 0.2) is 58.0 Å². The summed E-state index contributed by atoms with van der Waals surface area (Å²) in [4.78, 5) is 29.7. The van der Waals surface area contributed by atoms with Gasteiger partial charge in [0, 0.05) is 38.5 Å². The third-order valence-electron chi connectivity index (χ3n) is 6.00. The van der Waals surface area contributed by atoms with E-state index >= 15 is 0 Å². The SMILES string of the molecule is C=CCn1c(SCCCn2c(=O)c3c(ncn3C)n(C)c2=O)nnc1-c1ccc(C(C)(C)C)cc1. The van der Waals surface area contributed by atoms with Gasteiger partial charge in [-0.15, -0.1) is 16.8 Å². The molecule has 4 aromatic rings. The van der Waals surface area contributed by atoms with Crippen molar-refractivity contribution >= 4 is 22.9 Å². The quantitative estimate of drug-likeness (QED) is 0.212. The molecule has 10 heteroatoms. The van der Waals surface area contributed by atoms with Crippen LogP contribution in [-0.4, -0.2) is 39.2 Å². The van der Waals surface area contributed by atoms with Gasteiger partial charge in [-0.1, -0.05) is 62.9 Å². The van der Waals surface area contributed by atoms with Crippen LogP contribution in [0.1, 0.15) is 32.8 Å². The molecule has 3 heterocycles. The van der Waals surface area contributed by atoms with Crippen LogP contribution in [0.25, 0.3) is 22.6 Å². The van der Waals surface area contributed by atoms with Crippen molar-refractivity contribution in [3.63, 3.8) is 0 Å². The monoisotopic (exact) mass is 493 g/mol. The molecule has 0 amide bonds. The highest BCUT2D eigenvalue weighted by Crippen LogP contribution is 2.28. The Morgan fingerprint density at radius 2 is 1.77 bits per heavy atom. The van der Waals surface area contributed by atoms with E-state index in [1.807, 2.05) is 10.6 Å². The molecule has 0 aliphatic rings. The number of hydrogen-bond acceptors (Lipinski definition) is 6. The summed E-state index contributed by atoms with van der Waals surface area (Å²) in [7, 11) is 3.39. The maximum atomic E-state index is 12.9. The first-order valence-corrected chi connectivity index (χ1v) is 12.5. The highest BCUT2D eigenvalue weighted by molar-refractivity contribution is 7.99. The number of imidazole rings is 1. The normalized spacial score (nSPS) is 11.9. The van der Waals surface area contributed by atoms with E-state index in [0.29, 0.717) is 36.4 Å². The molecule has 0 bridgehead atoms. The molecule has 0 spiro atoms. The average molecular weight is 494 g/mol. The van der Waals surface area contributed by atoms with Crippen LogP contribution < -0.4 is 11.2 Å². The summed E-state index contributed by atoms with van der Waals surface area (Å²) in [6.45, 7) is 11.4. The van der Waals surface area contributed by atoms with Gasteiger partial charge < -0.3 is 4.57 Å². The van der Waals surface area contributed by atoms with Crippen LogP contribution in [0.3, 0.4) is 0 Å². The fourth-order valence-corrected chi connectivity index (χ4v) is 4.87. The summed E-state index contributed by atoms with van der Waals surface area (Å²) in [6.07, 6.45) is 4.00. The molecule has 0 aliphatic heterocycles. The van der Waals surface area contributed by atoms with Crippen LogP contribution in [0.5, 0.6) is 0 Å². The lowest BCUT2D eigenvalue weighted by Gasteiger charge is -2.19. The summed E-state index contributed by atoms with van der Waals surface area (Å²) in [5.74, 6) is 1.47. The molecule has 0 saturated carbocycles. The first-order chi connectivity index (χ1) is 16.6. The van der Waals surface area contributed by atoms with E-state index in [0.717, 1.165) is 16.5 Å². The molecule has 0 aliphatic carbocycles. The minimum absolute atomic E-state index is 0.0819. The van der Waals surface area contributed by atoms with Crippen LogP contribution in [0.2, 0.25) is 0 Å². The van der Waals surface area contributed by atoms with Crippen molar-refractivity contribution in [2.75, 3.05) is 5.75 Å². The Kier molecular flexibility index (Phi) is 6.84. The molecular formula is C25H31N7O2S. The molecular weight excluding hydrogens is 462 g/mol. The number of aryl methyl sites for hydroxylation is 2. The predicted octanol–water partition coefficient (Wildman–Crippen LogP) is 3.36. The van der Waals surface area contributed by atoms with E-state index in [4.69, 9.17) is 0 Å². The van der Waals surface area contributed by atoms with Crippen molar-refractivity contribution in [2.24, 2.45) is 14.1 Å². The van der Waals surface area contributed by atoms with Gasteiger partial charge in [0.15, 0.2) is 22.1 Å². The molecule has 0 unspecified atom stereocenters. The number of hydrogen-bond donors (Lipinski definition) is 0. The Bertz CT molecular complexity index is 1480. The Hall–Kier alpha value is -3.40. The van der Waals surface area contributed by atoms with Crippen LogP contribution >= 0.6 is 11.8 Å². The minimum Gasteiger partial charge on any atom is -0.328 e. The van der Waals surface area contributed by atoms with Gasteiger partial charge in [0.2, 0.25) is 0 Å². The third kappa shape index (κ3) is 4.75. The first-order valence-electron chi connectivity index (χ1n) is 11.5. The van der Waals surface area contributed by atoms with Crippen molar-refractivity contribution in [2.45, 2.75) is 50.9 Å². The van der Waals surface area contributed by atoms with Crippen LogP contribution in [-0.2, 0) is 32.6 Å². The second-order valence-corrected chi connectivity index (χ2v) is 10.6. The van der Waals surface area contributed by atoms with E-state index in [2.05, 4.69) is 66.8 Å².